The number of hydrogen-bond acceptors (Lipinski definition) is 3. The summed E-state index contributed by atoms with van der Waals surface area (Å²) in [6, 6.07) is 3.60. The molecule has 4 nitrogen and oxygen atoms in total. The number of furan rings is 1. The van der Waals surface area contributed by atoms with Crippen LogP contribution in [0.25, 0.3) is 5.57 Å². The molecule has 0 radical (unpaired) electrons. The van der Waals surface area contributed by atoms with Gasteiger partial charge in [0.15, 0.2) is 5.11 Å². The van der Waals surface area contributed by atoms with Gasteiger partial charge in [-0.15, -0.1) is 0 Å². The van der Waals surface area contributed by atoms with Crippen LogP contribution in [0.5, 0.6) is 0 Å². The molecule has 1 aromatic rings. The zero-order chi connectivity index (χ0) is 10.4. The Bertz CT molecular complexity index is 343. The molecule has 1 heterocycles. The number of hydrazone groups is 1. The van der Waals surface area contributed by atoms with Crippen LogP contribution in [-0.4, -0.2) is 18.4 Å². The molecule has 1 aromatic heterocycles. The minimum absolute atomic E-state index is 0.452. The van der Waals surface area contributed by atoms with Crippen LogP contribution in [0.3, 0.4) is 0 Å². The summed E-state index contributed by atoms with van der Waals surface area (Å²) < 4.78 is 5.11. The van der Waals surface area contributed by atoms with Gasteiger partial charge in [-0.05, 0) is 24.4 Å². The number of nitrogens with one attached hydrogen (secondary N) is 2. The predicted molar refractivity (Wildman–Crippen MR) is 61.0 cm³/mol. The standard InChI is InChI=1S/C9H11N3OS/c1-7(8-4-3-5-13-8)6-11-12-9(14)10-2/h3-6H,1H2,2H3,(H2,10,12,14)/b11-6+. The van der Waals surface area contributed by atoms with Gasteiger partial charge in [0.05, 0.1) is 12.5 Å². The second kappa shape index (κ2) is 5.18. The fraction of sp³-hybridized carbons (Fsp3) is 0.111. The van der Waals surface area contributed by atoms with E-state index in [-0.39, 0.29) is 0 Å². The third kappa shape index (κ3) is 3.02. The number of hydrogen-bond donors (Lipinski definition) is 2. The minimum Gasteiger partial charge on any atom is -0.464 e. The molecule has 0 aliphatic rings. The Kier molecular flexibility index (Phi) is 3.87. The first kappa shape index (κ1) is 10.5. The van der Waals surface area contributed by atoms with Crippen LogP contribution in [0.15, 0.2) is 34.5 Å². The van der Waals surface area contributed by atoms with Crippen molar-refractivity contribution in [2.45, 2.75) is 0 Å². The smallest absolute Gasteiger partial charge is 0.186 e. The van der Waals surface area contributed by atoms with Crippen LogP contribution in [-0.2, 0) is 0 Å². The second-order valence-corrected chi connectivity index (χ2v) is 2.86. The largest absolute Gasteiger partial charge is 0.464 e. The number of thiocarbonyl (C=S) groups is 1. The lowest BCUT2D eigenvalue weighted by molar-refractivity contribution is 0.555. The predicted octanol–water partition coefficient (Wildman–Crippen LogP) is 1.37. The molecule has 0 bridgehead atoms. The van der Waals surface area contributed by atoms with E-state index in [4.69, 9.17) is 16.6 Å². The average Bonchev–Trinajstić information content (AvgIpc) is 2.70. The van der Waals surface area contributed by atoms with Gasteiger partial charge in [0.2, 0.25) is 0 Å². The van der Waals surface area contributed by atoms with Gasteiger partial charge in [-0.25, -0.2) is 0 Å². The molecule has 0 aliphatic carbocycles. The lowest BCUT2D eigenvalue weighted by atomic mass is 10.2. The van der Waals surface area contributed by atoms with E-state index in [1.54, 1.807) is 25.6 Å². The van der Waals surface area contributed by atoms with Gasteiger partial charge in [0.25, 0.3) is 0 Å². The maximum Gasteiger partial charge on any atom is 0.186 e. The second-order valence-electron chi connectivity index (χ2n) is 2.45. The first-order chi connectivity index (χ1) is 6.74. The zero-order valence-corrected chi connectivity index (χ0v) is 8.60. The van der Waals surface area contributed by atoms with E-state index in [1.807, 2.05) is 6.07 Å². The quantitative estimate of drug-likeness (QED) is 0.448. The van der Waals surface area contributed by atoms with Crippen molar-refractivity contribution in [2.24, 2.45) is 5.10 Å². The summed E-state index contributed by atoms with van der Waals surface area (Å²) in [6.45, 7) is 3.77. The van der Waals surface area contributed by atoms with Crippen LogP contribution >= 0.6 is 12.2 Å². The van der Waals surface area contributed by atoms with Crippen molar-refractivity contribution < 1.29 is 4.42 Å². The summed E-state index contributed by atoms with van der Waals surface area (Å²) in [4.78, 5) is 0. The van der Waals surface area contributed by atoms with Crippen LogP contribution in [0, 0.1) is 0 Å². The van der Waals surface area contributed by atoms with E-state index >= 15 is 0 Å². The molecule has 0 aliphatic heterocycles. The summed E-state index contributed by atoms with van der Waals surface area (Å²) in [7, 11) is 1.71. The van der Waals surface area contributed by atoms with Crippen molar-refractivity contribution in [3.63, 3.8) is 0 Å². The summed E-state index contributed by atoms with van der Waals surface area (Å²) >= 11 is 4.82. The van der Waals surface area contributed by atoms with Crippen molar-refractivity contribution in [1.82, 2.24) is 10.7 Å². The molecular weight excluding hydrogens is 198 g/mol. The highest BCUT2D eigenvalue weighted by molar-refractivity contribution is 7.80. The van der Waals surface area contributed by atoms with Crippen molar-refractivity contribution in [3.05, 3.63) is 30.7 Å². The van der Waals surface area contributed by atoms with Gasteiger partial charge in [0, 0.05) is 12.6 Å². The molecular formula is C9H11N3OS. The molecule has 0 atom stereocenters. The third-order valence-electron chi connectivity index (χ3n) is 1.45. The van der Waals surface area contributed by atoms with Crippen LogP contribution in [0.1, 0.15) is 5.76 Å². The Morgan fingerprint density at radius 2 is 2.50 bits per heavy atom. The molecule has 14 heavy (non-hydrogen) atoms. The number of allylic oxidation sites excluding steroid dienone is 1. The molecule has 1 rings (SSSR count). The van der Waals surface area contributed by atoms with Crippen LogP contribution < -0.4 is 10.7 Å². The Labute approximate surface area is 87.7 Å². The fourth-order valence-electron chi connectivity index (χ4n) is 0.750. The monoisotopic (exact) mass is 209 g/mol. The van der Waals surface area contributed by atoms with Gasteiger partial charge >= 0.3 is 0 Å². The molecule has 0 fully saturated rings. The van der Waals surface area contributed by atoms with Crippen LogP contribution in [0.2, 0.25) is 0 Å². The molecule has 0 saturated heterocycles. The van der Waals surface area contributed by atoms with Crippen molar-refractivity contribution >= 4 is 29.1 Å². The number of nitrogens with zero attached hydrogens (tertiary/aromatic N) is 1. The van der Waals surface area contributed by atoms with Gasteiger partial charge in [-0.3, -0.25) is 5.43 Å². The van der Waals surface area contributed by atoms with Gasteiger partial charge < -0.3 is 9.73 Å². The Balaban J connectivity index is 2.45. The molecule has 0 aromatic carbocycles. The van der Waals surface area contributed by atoms with Gasteiger partial charge in [-0.1, -0.05) is 6.58 Å². The molecule has 74 valence electrons. The topological polar surface area (TPSA) is 49.6 Å². The summed E-state index contributed by atoms with van der Waals surface area (Å²) in [5, 5.41) is 7.04. The zero-order valence-electron chi connectivity index (χ0n) is 7.78. The third-order valence-corrected chi connectivity index (χ3v) is 1.75. The Hall–Kier alpha value is -1.62. The molecule has 5 heteroatoms. The van der Waals surface area contributed by atoms with E-state index in [9.17, 15) is 0 Å². The molecule has 0 amide bonds. The van der Waals surface area contributed by atoms with E-state index in [0.29, 0.717) is 16.4 Å². The van der Waals surface area contributed by atoms with Crippen LogP contribution in [0.4, 0.5) is 0 Å². The Morgan fingerprint density at radius 3 is 3.07 bits per heavy atom. The molecule has 2 N–H and O–H groups in total. The van der Waals surface area contributed by atoms with Gasteiger partial charge in [-0.2, -0.15) is 5.10 Å². The van der Waals surface area contributed by atoms with Gasteiger partial charge in [0.1, 0.15) is 5.76 Å². The minimum atomic E-state index is 0.452. The average molecular weight is 209 g/mol. The highest BCUT2D eigenvalue weighted by atomic mass is 32.1. The normalized spacial score (nSPS) is 10.1. The fourth-order valence-corrected chi connectivity index (χ4v) is 0.802. The summed E-state index contributed by atoms with van der Waals surface area (Å²) in [5.41, 5.74) is 3.29. The van der Waals surface area contributed by atoms with Crippen molar-refractivity contribution in [2.75, 3.05) is 7.05 Å². The lowest BCUT2D eigenvalue weighted by Gasteiger charge is -1.99. The first-order valence-corrected chi connectivity index (χ1v) is 4.38. The number of rotatable bonds is 3. The highest BCUT2D eigenvalue weighted by Gasteiger charge is 1.97. The molecule has 0 saturated carbocycles. The highest BCUT2D eigenvalue weighted by Crippen LogP contribution is 2.09. The van der Waals surface area contributed by atoms with E-state index in [2.05, 4.69) is 22.4 Å². The molecule has 0 spiro atoms. The molecule has 0 unspecified atom stereocenters. The SMILES string of the molecule is C=C(/C=N/NC(=S)NC)c1ccco1. The van der Waals surface area contributed by atoms with E-state index in [1.165, 1.54) is 0 Å². The summed E-state index contributed by atoms with van der Waals surface area (Å²) in [6.07, 6.45) is 3.13. The van der Waals surface area contributed by atoms with Crippen molar-refractivity contribution in [1.29, 1.82) is 0 Å². The first-order valence-electron chi connectivity index (χ1n) is 3.97. The maximum atomic E-state index is 5.11. The van der Waals surface area contributed by atoms with Crippen molar-refractivity contribution in [3.8, 4) is 0 Å². The Morgan fingerprint density at radius 1 is 1.71 bits per heavy atom. The van der Waals surface area contributed by atoms with E-state index < -0.39 is 0 Å². The summed E-state index contributed by atoms with van der Waals surface area (Å²) in [5.74, 6) is 0.686. The maximum absolute atomic E-state index is 5.11. The lowest BCUT2D eigenvalue weighted by Crippen LogP contribution is -2.28. The van der Waals surface area contributed by atoms with E-state index in [0.717, 1.165) is 0 Å².